The number of nitrogens with one attached hydrogen (secondary N) is 1. The maximum absolute atomic E-state index is 5.74. The third-order valence-corrected chi connectivity index (χ3v) is 3.30. The monoisotopic (exact) mass is 302 g/mol. The van der Waals surface area contributed by atoms with Gasteiger partial charge in [-0.25, -0.2) is 4.98 Å². The van der Waals surface area contributed by atoms with Crippen molar-refractivity contribution in [3.8, 4) is 11.5 Å². The minimum Gasteiger partial charge on any atom is -0.436 e. The lowest BCUT2D eigenvalue weighted by atomic mass is 10.2. The summed E-state index contributed by atoms with van der Waals surface area (Å²) in [5.41, 5.74) is 3.66. The van der Waals surface area contributed by atoms with Gasteiger partial charge in [0.1, 0.15) is 5.52 Å². The van der Waals surface area contributed by atoms with Gasteiger partial charge in [-0.15, -0.1) is 0 Å². The van der Waals surface area contributed by atoms with Gasteiger partial charge in [0.05, 0.1) is 0 Å². The van der Waals surface area contributed by atoms with Gasteiger partial charge in [0.25, 0.3) is 0 Å². The summed E-state index contributed by atoms with van der Waals surface area (Å²) in [5, 5.41) is 3.09. The van der Waals surface area contributed by atoms with Crippen molar-refractivity contribution in [1.82, 2.24) is 4.98 Å². The second-order valence-electron chi connectivity index (χ2n) is 3.96. The predicted molar refractivity (Wildman–Crippen MR) is 76.7 cm³/mol. The average Bonchev–Trinajstić information content (AvgIpc) is 2.82. The second-order valence-corrected chi connectivity index (χ2v) is 4.87. The van der Waals surface area contributed by atoms with E-state index in [1.54, 1.807) is 0 Å². The molecule has 3 nitrogen and oxygen atoms in total. The Morgan fingerprint density at radius 1 is 1.11 bits per heavy atom. The van der Waals surface area contributed by atoms with E-state index in [1.165, 1.54) is 0 Å². The first kappa shape index (κ1) is 11.3. The van der Waals surface area contributed by atoms with Crippen LogP contribution in [0.4, 0.5) is 5.69 Å². The Hall–Kier alpha value is -1.81. The van der Waals surface area contributed by atoms with Crippen molar-refractivity contribution in [3.63, 3.8) is 0 Å². The van der Waals surface area contributed by atoms with Crippen molar-refractivity contribution in [1.29, 1.82) is 0 Å². The van der Waals surface area contributed by atoms with E-state index in [9.17, 15) is 0 Å². The zero-order valence-corrected chi connectivity index (χ0v) is 11.4. The fourth-order valence-corrected chi connectivity index (χ4v) is 2.06. The number of nitrogens with zero attached hydrogens (tertiary/aromatic N) is 1. The molecule has 3 aromatic rings. The molecule has 1 N–H and O–H groups in total. The van der Waals surface area contributed by atoms with Crippen molar-refractivity contribution in [3.05, 3.63) is 46.9 Å². The number of hydrogen-bond donors (Lipinski definition) is 1. The van der Waals surface area contributed by atoms with E-state index in [0.29, 0.717) is 5.89 Å². The normalized spacial score (nSPS) is 10.8. The van der Waals surface area contributed by atoms with Crippen LogP contribution in [0.1, 0.15) is 0 Å². The van der Waals surface area contributed by atoms with Crippen molar-refractivity contribution in [2.45, 2.75) is 0 Å². The lowest BCUT2D eigenvalue weighted by Gasteiger charge is -1.96. The summed E-state index contributed by atoms with van der Waals surface area (Å²) in [6.07, 6.45) is 0. The lowest BCUT2D eigenvalue weighted by Crippen LogP contribution is -1.86. The van der Waals surface area contributed by atoms with Crippen LogP contribution in [0.3, 0.4) is 0 Å². The largest absolute Gasteiger partial charge is 0.436 e. The summed E-state index contributed by atoms with van der Waals surface area (Å²) in [4.78, 5) is 4.50. The summed E-state index contributed by atoms with van der Waals surface area (Å²) in [6.45, 7) is 0. The molecule has 0 radical (unpaired) electrons. The number of halogens is 1. The number of aromatic nitrogens is 1. The predicted octanol–water partition coefficient (Wildman–Crippen LogP) is 4.30. The van der Waals surface area contributed by atoms with Crippen LogP contribution in [0.2, 0.25) is 0 Å². The van der Waals surface area contributed by atoms with E-state index in [4.69, 9.17) is 4.42 Å². The number of hydrogen-bond acceptors (Lipinski definition) is 3. The molecule has 90 valence electrons. The smallest absolute Gasteiger partial charge is 0.227 e. The molecule has 0 saturated carbocycles. The first-order valence-corrected chi connectivity index (χ1v) is 6.40. The SMILES string of the molecule is CNc1ccc2oc(-c3ccc(Br)cc3)nc2c1. The first-order valence-electron chi connectivity index (χ1n) is 5.60. The molecule has 2 aromatic carbocycles. The van der Waals surface area contributed by atoms with E-state index in [2.05, 4.69) is 26.2 Å². The Labute approximate surface area is 113 Å². The van der Waals surface area contributed by atoms with Crippen LogP contribution < -0.4 is 5.32 Å². The molecule has 0 aliphatic rings. The van der Waals surface area contributed by atoms with Gasteiger partial charge in [0.2, 0.25) is 5.89 Å². The van der Waals surface area contributed by atoms with E-state index >= 15 is 0 Å². The molecule has 1 heterocycles. The molecule has 0 fully saturated rings. The van der Waals surface area contributed by atoms with E-state index in [1.807, 2.05) is 49.5 Å². The van der Waals surface area contributed by atoms with Gasteiger partial charge in [-0.2, -0.15) is 0 Å². The standard InChI is InChI=1S/C14H11BrN2O/c1-16-11-6-7-13-12(8-11)17-14(18-13)9-2-4-10(15)5-3-9/h2-8,16H,1H3. The molecule has 4 heteroatoms. The highest BCUT2D eigenvalue weighted by Crippen LogP contribution is 2.26. The fraction of sp³-hybridized carbons (Fsp3) is 0.0714. The van der Waals surface area contributed by atoms with Gasteiger partial charge < -0.3 is 9.73 Å². The highest BCUT2D eigenvalue weighted by molar-refractivity contribution is 9.10. The van der Waals surface area contributed by atoms with Crippen molar-refractivity contribution >= 4 is 32.7 Å². The van der Waals surface area contributed by atoms with Crippen molar-refractivity contribution in [2.24, 2.45) is 0 Å². The Morgan fingerprint density at radius 3 is 2.61 bits per heavy atom. The molecule has 3 rings (SSSR count). The van der Waals surface area contributed by atoms with Gasteiger partial charge in [-0.1, -0.05) is 15.9 Å². The summed E-state index contributed by atoms with van der Waals surface area (Å²) in [7, 11) is 1.89. The fourth-order valence-electron chi connectivity index (χ4n) is 1.80. The summed E-state index contributed by atoms with van der Waals surface area (Å²) in [6, 6.07) is 13.8. The van der Waals surface area contributed by atoms with Crippen LogP contribution >= 0.6 is 15.9 Å². The number of rotatable bonds is 2. The van der Waals surface area contributed by atoms with Gasteiger partial charge in [0.15, 0.2) is 5.58 Å². The molecule has 0 atom stereocenters. The van der Waals surface area contributed by atoms with Crippen LogP contribution in [0.15, 0.2) is 51.4 Å². The zero-order valence-electron chi connectivity index (χ0n) is 9.77. The average molecular weight is 303 g/mol. The Kier molecular flexibility index (Phi) is 2.80. The summed E-state index contributed by atoms with van der Waals surface area (Å²) in [5.74, 6) is 0.644. The summed E-state index contributed by atoms with van der Waals surface area (Å²) < 4.78 is 6.78. The minimum atomic E-state index is 0.644. The molecule has 0 spiro atoms. The lowest BCUT2D eigenvalue weighted by molar-refractivity contribution is 0.620. The van der Waals surface area contributed by atoms with Crippen LogP contribution in [-0.2, 0) is 0 Å². The molecule has 18 heavy (non-hydrogen) atoms. The van der Waals surface area contributed by atoms with Gasteiger partial charge >= 0.3 is 0 Å². The second kappa shape index (κ2) is 4.46. The molecular formula is C14H11BrN2O. The van der Waals surface area contributed by atoms with Crippen molar-refractivity contribution in [2.75, 3.05) is 12.4 Å². The number of anilines is 1. The highest BCUT2D eigenvalue weighted by Gasteiger charge is 2.08. The van der Waals surface area contributed by atoms with Gasteiger partial charge in [-0.3, -0.25) is 0 Å². The zero-order chi connectivity index (χ0) is 12.5. The number of benzene rings is 2. The third-order valence-electron chi connectivity index (χ3n) is 2.77. The van der Waals surface area contributed by atoms with Crippen molar-refractivity contribution < 1.29 is 4.42 Å². The minimum absolute atomic E-state index is 0.644. The van der Waals surface area contributed by atoms with Gasteiger partial charge in [0, 0.05) is 22.8 Å². The topological polar surface area (TPSA) is 38.1 Å². The molecular weight excluding hydrogens is 292 g/mol. The molecule has 1 aromatic heterocycles. The molecule has 0 saturated heterocycles. The first-order chi connectivity index (χ1) is 8.76. The van der Waals surface area contributed by atoms with E-state index in [-0.39, 0.29) is 0 Å². The molecule has 0 aliphatic heterocycles. The maximum atomic E-state index is 5.74. The summed E-state index contributed by atoms with van der Waals surface area (Å²) >= 11 is 3.41. The molecule has 0 aliphatic carbocycles. The molecule has 0 amide bonds. The van der Waals surface area contributed by atoms with E-state index in [0.717, 1.165) is 26.8 Å². The van der Waals surface area contributed by atoms with E-state index < -0.39 is 0 Å². The Bertz CT molecular complexity index is 689. The quantitative estimate of drug-likeness (QED) is 0.767. The van der Waals surface area contributed by atoms with Gasteiger partial charge in [-0.05, 0) is 42.5 Å². The van der Waals surface area contributed by atoms with Crippen LogP contribution in [0, 0.1) is 0 Å². The number of fused-ring (bicyclic) bond motifs is 1. The van der Waals surface area contributed by atoms with Crippen LogP contribution in [0.25, 0.3) is 22.6 Å². The Balaban J connectivity index is 2.10. The van der Waals surface area contributed by atoms with Crippen LogP contribution in [0.5, 0.6) is 0 Å². The maximum Gasteiger partial charge on any atom is 0.227 e. The van der Waals surface area contributed by atoms with Crippen LogP contribution in [-0.4, -0.2) is 12.0 Å². The Morgan fingerprint density at radius 2 is 1.89 bits per heavy atom. The third kappa shape index (κ3) is 1.99. The highest BCUT2D eigenvalue weighted by atomic mass is 79.9. The molecule has 0 bridgehead atoms. The molecule has 0 unspecified atom stereocenters. The number of oxazole rings is 1.